The summed E-state index contributed by atoms with van der Waals surface area (Å²) in [7, 11) is 0. The smallest absolute Gasteiger partial charge is 0.245 e. The molecule has 8 nitrogen and oxygen atoms in total. The number of nitrogens with zero attached hydrogens (tertiary/aromatic N) is 5. The zero-order valence-corrected chi connectivity index (χ0v) is 20.1. The summed E-state index contributed by atoms with van der Waals surface area (Å²) in [5.41, 5.74) is 1.72. The second-order valence-electron chi connectivity index (χ2n) is 9.00. The molecule has 2 aromatic carbocycles. The van der Waals surface area contributed by atoms with Crippen molar-refractivity contribution in [2.75, 3.05) is 13.1 Å². The molecule has 184 valence electrons. The van der Waals surface area contributed by atoms with Gasteiger partial charge in [0.25, 0.3) is 0 Å². The molecule has 2 atom stereocenters. The summed E-state index contributed by atoms with van der Waals surface area (Å²) in [4.78, 5) is 28.4. The standard InChI is InChI=1S/C26H31FN6O2/c1-3-23(20-9-5-4-6-10-20)26(35)32-14-12-22(13-15-32)28-25(34)24(33-18(2)29-30-31-33)17-19-8-7-11-21(27)16-19/h4-11,16,22-24H,3,12-15,17H2,1-2H3,(H,28,34). The zero-order valence-electron chi connectivity index (χ0n) is 20.1. The summed E-state index contributed by atoms with van der Waals surface area (Å²) in [5.74, 6) is -0.0794. The number of benzene rings is 2. The van der Waals surface area contributed by atoms with E-state index in [1.807, 2.05) is 42.2 Å². The lowest BCUT2D eigenvalue weighted by molar-refractivity contribution is -0.134. The monoisotopic (exact) mass is 478 g/mol. The fourth-order valence-corrected chi connectivity index (χ4v) is 4.70. The number of tetrazole rings is 1. The summed E-state index contributed by atoms with van der Waals surface area (Å²) < 4.78 is 15.2. The Hall–Kier alpha value is -3.62. The second kappa shape index (κ2) is 11.2. The van der Waals surface area contributed by atoms with Gasteiger partial charge < -0.3 is 10.2 Å². The Morgan fingerprint density at radius 2 is 1.86 bits per heavy atom. The third-order valence-corrected chi connectivity index (χ3v) is 6.63. The Labute approximate surface area is 204 Å². The van der Waals surface area contributed by atoms with E-state index in [0.29, 0.717) is 37.3 Å². The van der Waals surface area contributed by atoms with E-state index in [0.717, 1.165) is 12.0 Å². The molecule has 0 aliphatic carbocycles. The van der Waals surface area contributed by atoms with Gasteiger partial charge >= 0.3 is 0 Å². The molecule has 9 heteroatoms. The summed E-state index contributed by atoms with van der Waals surface area (Å²) in [6, 6.07) is 15.3. The normalized spacial score (nSPS) is 16.0. The van der Waals surface area contributed by atoms with Gasteiger partial charge in [-0.25, -0.2) is 9.07 Å². The van der Waals surface area contributed by atoms with Crippen molar-refractivity contribution in [1.29, 1.82) is 0 Å². The van der Waals surface area contributed by atoms with E-state index in [1.54, 1.807) is 19.1 Å². The maximum atomic E-state index is 13.7. The highest BCUT2D eigenvalue weighted by Gasteiger charge is 2.31. The van der Waals surface area contributed by atoms with Gasteiger partial charge in [0.1, 0.15) is 17.7 Å². The maximum Gasteiger partial charge on any atom is 0.245 e. The van der Waals surface area contributed by atoms with E-state index in [9.17, 15) is 14.0 Å². The van der Waals surface area contributed by atoms with Crippen molar-refractivity contribution in [3.05, 3.63) is 77.4 Å². The number of likely N-dealkylation sites (tertiary alicyclic amines) is 1. The average Bonchev–Trinajstić information content (AvgIpc) is 3.29. The number of nitrogens with one attached hydrogen (secondary N) is 1. The first-order chi connectivity index (χ1) is 17.0. The van der Waals surface area contributed by atoms with Crippen LogP contribution in [0, 0.1) is 12.7 Å². The van der Waals surface area contributed by atoms with Crippen LogP contribution in [0.2, 0.25) is 0 Å². The third kappa shape index (κ3) is 5.90. The molecule has 2 unspecified atom stereocenters. The van der Waals surface area contributed by atoms with Gasteiger partial charge in [0.05, 0.1) is 5.92 Å². The highest BCUT2D eigenvalue weighted by Crippen LogP contribution is 2.24. The molecule has 0 radical (unpaired) electrons. The molecule has 1 N–H and O–H groups in total. The van der Waals surface area contributed by atoms with Gasteiger partial charge in [-0.15, -0.1) is 5.10 Å². The van der Waals surface area contributed by atoms with Crippen molar-refractivity contribution < 1.29 is 14.0 Å². The lowest BCUT2D eigenvalue weighted by Crippen LogP contribution is -2.49. The van der Waals surface area contributed by atoms with E-state index < -0.39 is 6.04 Å². The van der Waals surface area contributed by atoms with Crippen LogP contribution in [-0.4, -0.2) is 56.1 Å². The predicted molar refractivity (Wildman–Crippen MR) is 129 cm³/mol. The van der Waals surface area contributed by atoms with Crippen LogP contribution in [0.15, 0.2) is 54.6 Å². The quantitative estimate of drug-likeness (QED) is 0.537. The van der Waals surface area contributed by atoms with Crippen molar-refractivity contribution in [3.8, 4) is 0 Å². The Balaban J connectivity index is 1.39. The van der Waals surface area contributed by atoms with Gasteiger partial charge in [0.15, 0.2) is 0 Å². The van der Waals surface area contributed by atoms with E-state index in [2.05, 4.69) is 20.8 Å². The van der Waals surface area contributed by atoms with E-state index in [1.165, 1.54) is 16.8 Å². The number of hydrogen-bond acceptors (Lipinski definition) is 5. The highest BCUT2D eigenvalue weighted by atomic mass is 19.1. The molecule has 1 aliphatic heterocycles. The molecule has 1 saturated heterocycles. The van der Waals surface area contributed by atoms with Gasteiger partial charge in [-0.1, -0.05) is 49.4 Å². The molecular formula is C26H31FN6O2. The van der Waals surface area contributed by atoms with Gasteiger partial charge in [-0.05, 0) is 59.9 Å². The Morgan fingerprint density at radius 3 is 2.49 bits per heavy atom. The molecule has 1 aromatic heterocycles. The van der Waals surface area contributed by atoms with Gasteiger partial charge in [-0.2, -0.15) is 0 Å². The highest BCUT2D eigenvalue weighted by molar-refractivity contribution is 5.84. The van der Waals surface area contributed by atoms with Gasteiger partial charge in [0, 0.05) is 25.6 Å². The number of piperidine rings is 1. The molecule has 35 heavy (non-hydrogen) atoms. The summed E-state index contributed by atoms with van der Waals surface area (Å²) in [5, 5.41) is 14.7. The number of carbonyl (C=O) groups is 2. The average molecular weight is 479 g/mol. The van der Waals surface area contributed by atoms with E-state index >= 15 is 0 Å². The lowest BCUT2D eigenvalue weighted by Gasteiger charge is -2.35. The van der Waals surface area contributed by atoms with Crippen molar-refractivity contribution in [3.63, 3.8) is 0 Å². The van der Waals surface area contributed by atoms with Crippen LogP contribution < -0.4 is 5.32 Å². The van der Waals surface area contributed by atoms with Crippen molar-refractivity contribution in [2.45, 2.75) is 57.5 Å². The number of aromatic nitrogens is 4. The molecule has 0 spiro atoms. The van der Waals surface area contributed by atoms with E-state index in [4.69, 9.17) is 0 Å². The minimum Gasteiger partial charge on any atom is -0.351 e. The van der Waals surface area contributed by atoms with E-state index in [-0.39, 0.29) is 36.0 Å². The first kappa shape index (κ1) is 24.5. The zero-order chi connectivity index (χ0) is 24.8. The first-order valence-corrected chi connectivity index (χ1v) is 12.1. The largest absolute Gasteiger partial charge is 0.351 e. The fourth-order valence-electron chi connectivity index (χ4n) is 4.70. The Bertz CT molecular complexity index is 1140. The van der Waals surface area contributed by atoms with Crippen LogP contribution in [0.5, 0.6) is 0 Å². The van der Waals surface area contributed by atoms with Crippen LogP contribution in [-0.2, 0) is 16.0 Å². The van der Waals surface area contributed by atoms with Gasteiger partial charge in [0.2, 0.25) is 11.8 Å². The minimum atomic E-state index is -0.700. The number of amides is 2. The van der Waals surface area contributed by atoms with Gasteiger partial charge in [-0.3, -0.25) is 9.59 Å². The lowest BCUT2D eigenvalue weighted by atomic mass is 9.93. The molecule has 3 aromatic rings. The summed E-state index contributed by atoms with van der Waals surface area (Å²) in [6.45, 7) is 4.94. The maximum absolute atomic E-state index is 13.7. The summed E-state index contributed by atoms with van der Waals surface area (Å²) in [6.07, 6.45) is 2.35. The molecule has 4 rings (SSSR count). The van der Waals surface area contributed by atoms with Crippen molar-refractivity contribution in [2.24, 2.45) is 0 Å². The third-order valence-electron chi connectivity index (χ3n) is 6.63. The minimum absolute atomic E-state index is 0.0600. The Kier molecular flexibility index (Phi) is 7.84. The van der Waals surface area contributed by atoms with Crippen molar-refractivity contribution >= 4 is 11.8 Å². The van der Waals surface area contributed by atoms with Crippen LogP contribution in [0.25, 0.3) is 0 Å². The number of hydrogen-bond donors (Lipinski definition) is 1. The number of halogens is 1. The predicted octanol–water partition coefficient (Wildman–Crippen LogP) is 3.21. The van der Waals surface area contributed by atoms with Crippen LogP contribution in [0.4, 0.5) is 4.39 Å². The van der Waals surface area contributed by atoms with Crippen LogP contribution >= 0.6 is 0 Å². The fraction of sp³-hybridized carbons (Fsp3) is 0.423. The molecule has 1 aliphatic rings. The summed E-state index contributed by atoms with van der Waals surface area (Å²) >= 11 is 0. The molecule has 0 saturated carbocycles. The second-order valence-corrected chi connectivity index (χ2v) is 9.00. The van der Waals surface area contributed by atoms with Crippen LogP contribution in [0.1, 0.15) is 55.1 Å². The molecule has 2 heterocycles. The van der Waals surface area contributed by atoms with Crippen molar-refractivity contribution in [1.82, 2.24) is 30.4 Å². The number of rotatable bonds is 8. The first-order valence-electron chi connectivity index (χ1n) is 12.1. The SMILES string of the molecule is CCC(C(=O)N1CCC(NC(=O)C(Cc2cccc(F)c2)n2nnnc2C)CC1)c1ccccc1. The molecule has 2 amide bonds. The molecule has 0 bridgehead atoms. The molecular weight excluding hydrogens is 447 g/mol. The number of aryl methyl sites for hydroxylation is 1. The Morgan fingerprint density at radius 1 is 1.11 bits per heavy atom. The van der Waals surface area contributed by atoms with Crippen LogP contribution in [0.3, 0.4) is 0 Å². The molecule has 1 fully saturated rings. The number of carbonyl (C=O) groups excluding carboxylic acids is 2. The topological polar surface area (TPSA) is 93.0 Å².